The number of rotatable bonds is 6. The van der Waals surface area contributed by atoms with Crippen molar-refractivity contribution in [3.8, 4) is 12.3 Å². The Morgan fingerprint density at radius 1 is 1.53 bits per heavy atom. The number of aromatic nitrogens is 1. The molecule has 1 aromatic rings. The summed E-state index contributed by atoms with van der Waals surface area (Å²) in [5.74, 6) is 4.53. The first-order valence-electron chi connectivity index (χ1n) is 6.11. The van der Waals surface area contributed by atoms with Crippen molar-refractivity contribution in [1.82, 2.24) is 10.3 Å². The van der Waals surface area contributed by atoms with Gasteiger partial charge in [0.1, 0.15) is 5.82 Å². The number of nitrogens with zero attached hydrogens (tertiary/aromatic N) is 2. The summed E-state index contributed by atoms with van der Waals surface area (Å²) in [4.78, 5) is 6.68. The van der Waals surface area contributed by atoms with Crippen LogP contribution in [-0.4, -0.2) is 25.1 Å². The van der Waals surface area contributed by atoms with Gasteiger partial charge in [-0.05, 0) is 37.4 Å². The van der Waals surface area contributed by atoms with E-state index in [1.54, 1.807) is 0 Å². The lowest BCUT2D eigenvalue weighted by Gasteiger charge is -2.21. The maximum Gasteiger partial charge on any atom is 0.129 e. The predicted octanol–water partition coefficient (Wildman–Crippen LogP) is 1.65. The molecule has 0 atom stereocenters. The normalized spacial score (nSPS) is 14.4. The molecule has 0 spiro atoms. The van der Waals surface area contributed by atoms with Gasteiger partial charge in [0, 0.05) is 19.3 Å². The molecular weight excluding hydrogens is 210 g/mol. The van der Waals surface area contributed by atoms with Crippen molar-refractivity contribution in [2.24, 2.45) is 5.92 Å². The molecule has 0 aromatic carbocycles. The van der Waals surface area contributed by atoms with E-state index in [-0.39, 0.29) is 0 Å². The second-order valence-corrected chi connectivity index (χ2v) is 4.58. The highest BCUT2D eigenvalue weighted by Gasteiger charge is 2.24. The summed E-state index contributed by atoms with van der Waals surface area (Å²) in [6.45, 7) is 2.54. The minimum Gasteiger partial charge on any atom is -0.345 e. The monoisotopic (exact) mass is 229 g/mol. The third-order valence-corrected chi connectivity index (χ3v) is 2.97. The maximum absolute atomic E-state index is 5.41. The molecule has 0 bridgehead atoms. The van der Waals surface area contributed by atoms with E-state index in [9.17, 15) is 0 Å². The largest absolute Gasteiger partial charge is 0.345 e. The average Bonchev–Trinajstić information content (AvgIpc) is 3.14. The van der Waals surface area contributed by atoms with Crippen LogP contribution in [0.5, 0.6) is 0 Å². The quantitative estimate of drug-likeness (QED) is 0.752. The molecule has 0 unspecified atom stereocenters. The molecule has 90 valence electrons. The maximum atomic E-state index is 5.41. The van der Waals surface area contributed by atoms with Gasteiger partial charge >= 0.3 is 0 Å². The summed E-state index contributed by atoms with van der Waals surface area (Å²) >= 11 is 0. The van der Waals surface area contributed by atoms with Crippen LogP contribution < -0.4 is 10.2 Å². The fraction of sp³-hybridized carbons (Fsp3) is 0.500. The molecule has 3 nitrogen and oxygen atoms in total. The van der Waals surface area contributed by atoms with E-state index >= 15 is 0 Å². The van der Waals surface area contributed by atoms with Crippen LogP contribution in [0.1, 0.15) is 18.4 Å². The first kappa shape index (κ1) is 11.9. The SMILES string of the molecule is C#CCN(CC1CC1)c1ccc(CNC)cn1. The highest BCUT2D eigenvalue weighted by Crippen LogP contribution is 2.30. The first-order valence-corrected chi connectivity index (χ1v) is 6.11. The van der Waals surface area contributed by atoms with Crippen molar-refractivity contribution in [2.75, 3.05) is 25.0 Å². The molecule has 1 aromatic heterocycles. The molecule has 1 N–H and O–H groups in total. The number of terminal acetylenes is 1. The standard InChI is InChI=1S/C14H19N3/c1-3-8-17(11-12-4-5-12)14-7-6-13(9-15-2)10-16-14/h1,6-7,10,12,15H,4-5,8-9,11H2,2H3. The van der Waals surface area contributed by atoms with Crippen LogP contribution in [0.2, 0.25) is 0 Å². The van der Waals surface area contributed by atoms with Crippen LogP contribution in [0.25, 0.3) is 0 Å². The van der Waals surface area contributed by atoms with E-state index in [2.05, 4.69) is 33.3 Å². The van der Waals surface area contributed by atoms with Gasteiger partial charge in [0.15, 0.2) is 0 Å². The van der Waals surface area contributed by atoms with E-state index in [4.69, 9.17) is 6.42 Å². The van der Waals surface area contributed by atoms with Gasteiger partial charge in [-0.3, -0.25) is 0 Å². The topological polar surface area (TPSA) is 28.2 Å². The Hall–Kier alpha value is -1.53. The molecule has 0 saturated heterocycles. The molecule has 2 rings (SSSR count). The summed E-state index contributed by atoms with van der Waals surface area (Å²) in [7, 11) is 1.94. The average molecular weight is 229 g/mol. The van der Waals surface area contributed by atoms with Crippen molar-refractivity contribution in [3.63, 3.8) is 0 Å². The lowest BCUT2D eigenvalue weighted by atomic mass is 10.2. The van der Waals surface area contributed by atoms with E-state index < -0.39 is 0 Å². The second kappa shape index (κ2) is 5.70. The minimum atomic E-state index is 0.648. The van der Waals surface area contributed by atoms with Gasteiger partial charge in [-0.1, -0.05) is 12.0 Å². The Morgan fingerprint density at radius 3 is 2.88 bits per heavy atom. The fourth-order valence-corrected chi connectivity index (χ4v) is 1.87. The third-order valence-electron chi connectivity index (χ3n) is 2.97. The molecule has 0 radical (unpaired) electrons. The smallest absolute Gasteiger partial charge is 0.129 e. The van der Waals surface area contributed by atoms with Crippen LogP contribution in [0.3, 0.4) is 0 Å². The van der Waals surface area contributed by atoms with Crippen molar-refractivity contribution in [1.29, 1.82) is 0 Å². The number of nitrogens with one attached hydrogen (secondary N) is 1. The molecule has 0 aliphatic heterocycles. The lowest BCUT2D eigenvalue weighted by molar-refractivity contribution is 0.752. The summed E-state index contributed by atoms with van der Waals surface area (Å²) in [6.07, 6.45) is 9.99. The Labute approximate surface area is 103 Å². The number of hydrogen-bond acceptors (Lipinski definition) is 3. The van der Waals surface area contributed by atoms with Crippen LogP contribution in [-0.2, 0) is 6.54 Å². The van der Waals surface area contributed by atoms with Crippen LogP contribution in [0.15, 0.2) is 18.3 Å². The van der Waals surface area contributed by atoms with Crippen LogP contribution in [0, 0.1) is 18.3 Å². The molecule has 1 aliphatic carbocycles. The second-order valence-electron chi connectivity index (χ2n) is 4.58. The minimum absolute atomic E-state index is 0.648. The zero-order valence-electron chi connectivity index (χ0n) is 10.3. The molecular formula is C14H19N3. The van der Waals surface area contributed by atoms with E-state index in [0.29, 0.717) is 6.54 Å². The molecule has 1 saturated carbocycles. The Balaban J connectivity index is 2.03. The Kier molecular flexibility index (Phi) is 4.00. The molecule has 1 aliphatic rings. The van der Waals surface area contributed by atoms with Gasteiger partial charge in [-0.25, -0.2) is 4.98 Å². The van der Waals surface area contributed by atoms with E-state index in [1.807, 2.05) is 13.2 Å². The van der Waals surface area contributed by atoms with Gasteiger partial charge in [0.05, 0.1) is 6.54 Å². The number of pyridine rings is 1. The fourth-order valence-electron chi connectivity index (χ4n) is 1.87. The van der Waals surface area contributed by atoms with Crippen LogP contribution >= 0.6 is 0 Å². The predicted molar refractivity (Wildman–Crippen MR) is 70.8 cm³/mol. The molecule has 0 amide bonds. The zero-order chi connectivity index (χ0) is 12.1. The summed E-state index contributed by atoms with van der Waals surface area (Å²) in [5.41, 5.74) is 1.20. The molecule has 1 heterocycles. The Bertz CT molecular complexity index is 387. The van der Waals surface area contributed by atoms with E-state index in [0.717, 1.165) is 24.8 Å². The molecule has 3 heteroatoms. The number of anilines is 1. The van der Waals surface area contributed by atoms with Gasteiger partial charge in [-0.2, -0.15) is 0 Å². The van der Waals surface area contributed by atoms with Crippen molar-refractivity contribution in [3.05, 3.63) is 23.9 Å². The summed E-state index contributed by atoms with van der Waals surface area (Å²) in [6, 6.07) is 4.17. The number of hydrogen-bond donors (Lipinski definition) is 1. The first-order chi connectivity index (χ1) is 8.33. The Morgan fingerprint density at radius 2 is 2.35 bits per heavy atom. The zero-order valence-corrected chi connectivity index (χ0v) is 10.3. The van der Waals surface area contributed by atoms with Gasteiger partial charge < -0.3 is 10.2 Å². The summed E-state index contributed by atoms with van der Waals surface area (Å²) < 4.78 is 0. The van der Waals surface area contributed by atoms with Crippen molar-refractivity contribution in [2.45, 2.75) is 19.4 Å². The summed E-state index contributed by atoms with van der Waals surface area (Å²) in [5, 5.41) is 3.11. The van der Waals surface area contributed by atoms with Gasteiger partial charge in [-0.15, -0.1) is 6.42 Å². The van der Waals surface area contributed by atoms with Gasteiger partial charge in [0.2, 0.25) is 0 Å². The van der Waals surface area contributed by atoms with Gasteiger partial charge in [0.25, 0.3) is 0 Å². The van der Waals surface area contributed by atoms with Crippen molar-refractivity contribution < 1.29 is 0 Å². The highest BCUT2D eigenvalue weighted by atomic mass is 15.2. The van der Waals surface area contributed by atoms with Crippen molar-refractivity contribution >= 4 is 5.82 Å². The molecule has 17 heavy (non-hydrogen) atoms. The van der Waals surface area contributed by atoms with E-state index in [1.165, 1.54) is 18.4 Å². The third kappa shape index (κ3) is 3.47. The molecule has 1 fully saturated rings. The van der Waals surface area contributed by atoms with Crippen LogP contribution in [0.4, 0.5) is 5.82 Å². The highest BCUT2D eigenvalue weighted by molar-refractivity contribution is 5.41. The lowest BCUT2D eigenvalue weighted by Crippen LogP contribution is -2.26.